The lowest BCUT2D eigenvalue weighted by atomic mass is 10.2. The third-order valence-electron chi connectivity index (χ3n) is 5.85. The Kier molecular flexibility index (Phi) is 26.0. The zero-order chi connectivity index (χ0) is 43.5. The van der Waals surface area contributed by atoms with Crippen LogP contribution >= 0.6 is 0 Å². The molecule has 4 N–H and O–H groups in total. The van der Waals surface area contributed by atoms with Crippen molar-refractivity contribution in [2.45, 2.75) is 67.4 Å². The molecule has 0 aromatic heterocycles. The Morgan fingerprint density at radius 3 is 1.73 bits per heavy atom. The maximum atomic E-state index is 11.1. The number of nitrogens with one attached hydrogen (secondary N) is 3. The number of carbonyl (C=O) groups is 4. The number of hydrogen-bond acceptors (Lipinski definition) is 12. The summed E-state index contributed by atoms with van der Waals surface area (Å²) in [6.45, 7) is 28.8. The Morgan fingerprint density at radius 2 is 1.32 bits per heavy atom. The van der Waals surface area contributed by atoms with Crippen LogP contribution in [0, 0.1) is 0 Å². The monoisotopic (exact) mass is 802 g/mol. The van der Waals surface area contributed by atoms with Crippen molar-refractivity contribution in [3.05, 3.63) is 97.1 Å². The summed E-state index contributed by atoms with van der Waals surface area (Å²) in [6.07, 6.45) is 2.89. The molecule has 2 aromatic carbocycles. The summed E-state index contributed by atoms with van der Waals surface area (Å²) in [7, 11) is -3.21. The Balaban J connectivity index is 0. The highest BCUT2D eigenvalue weighted by atomic mass is 32.2. The van der Waals surface area contributed by atoms with Crippen molar-refractivity contribution in [3.63, 3.8) is 0 Å². The van der Waals surface area contributed by atoms with Gasteiger partial charge in [-0.3, -0.25) is 9.63 Å². The van der Waals surface area contributed by atoms with Crippen molar-refractivity contribution >= 4 is 51.4 Å². The number of hydrogen-bond donors (Lipinski definition) is 4. The molecule has 0 aliphatic rings. The van der Waals surface area contributed by atoms with Crippen LogP contribution in [0.15, 0.2) is 96.7 Å². The second kappa shape index (κ2) is 27.8. The quantitative estimate of drug-likeness (QED) is 0.0284. The Morgan fingerprint density at radius 1 is 0.821 bits per heavy atom. The third kappa shape index (κ3) is 30.7. The van der Waals surface area contributed by atoms with E-state index >= 15 is 0 Å². The molecular formula is C40H58N4O11S. The molecule has 16 heteroatoms. The summed E-state index contributed by atoms with van der Waals surface area (Å²) in [5, 5.41) is 17.5. The Labute approximate surface area is 331 Å². The summed E-state index contributed by atoms with van der Waals surface area (Å²) < 4.78 is 38.3. The van der Waals surface area contributed by atoms with Gasteiger partial charge in [0.15, 0.2) is 0 Å². The van der Waals surface area contributed by atoms with E-state index in [0.29, 0.717) is 34.5 Å². The first-order chi connectivity index (χ1) is 25.9. The van der Waals surface area contributed by atoms with Gasteiger partial charge in [0.1, 0.15) is 30.3 Å². The molecule has 0 aliphatic carbocycles. The van der Waals surface area contributed by atoms with Crippen LogP contribution in [0.2, 0.25) is 0 Å². The van der Waals surface area contributed by atoms with Crippen molar-refractivity contribution in [2.75, 3.05) is 37.9 Å². The first kappa shape index (κ1) is 52.4. The molecule has 2 rings (SSSR count). The predicted molar refractivity (Wildman–Crippen MR) is 221 cm³/mol. The summed E-state index contributed by atoms with van der Waals surface area (Å²) in [5.41, 5.74) is 3.40. The smallest absolute Gasteiger partial charge is 0.433 e. The molecule has 0 bridgehead atoms. The molecule has 56 heavy (non-hydrogen) atoms. The number of oxime groups is 1. The predicted octanol–water partition coefficient (Wildman–Crippen LogP) is 6.69. The minimum Gasteiger partial charge on any atom is -0.508 e. The Hall–Kier alpha value is -5.74. The third-order valence-corrected chi connectivity index (χ3v) is 6.58. The number of ether oxygens (including phenoxy) is 3. The number of aromatic hydroxyl groups is 1. The summed E-state index contributed by atoms with van der Waals surface area (Å²) in [6, 6.07) is 14.2. The molecule has 0 heterocycles. The molecule has 310 valence electrons. The molecule has 0 unspecified atom stereocenters. The first-order valence-corrected chi connectivity index (χ1v) is 19.0. The van der Waals surface area contributed by atoms with E-state index in [1.165, 1.54) is 19.1 Å². The van der Waals surface area contributed by atoms with Gasteiger partial charge in [0.25, 0.3) is 5.91 Å². The second-order valence-electron chi connectivity index (χ2n) is 12.8. The molecule has 15 nitrogen and oxygen atoms in total. The normalized spacial score (nSPS) is 10.5. The lowest BCUT2D eigenvalue weighted by Gasteiger charge is -2.21. The van der Waals surface area contributed by atoms with E-state index in [0.717, 1.165) is 17.6 Å². The van der Waals surface area contributed by atoms with Crippen LogP contribution in [0.4, 0.5) is 10.5 Å². The van der Waals surface area contributed by atoms with Crippen LogP contribution < -0.4 is 20.1 Å². The highest BCUT2D eigenvalue weighted by Crippen LogP contribution is 2.18. The lowest BCUT2D eigenvalue weighted by molar-refractivity contribution is -0.139. The maximum Gasteiger partial charge on any atom is 0.433 e. The van der Waals surface area contributed by atoms with Gasteiger partial charge in [-0.1, -0.05) is 56.6 Å². The number of nitrogens with zero attached hydrogens (tertiary/aromatic N) is 1. The highest BCUT2D eigenvalue weighted by Gasteiger charge is 2.11. The number of sulfonamides is 1. The van der Waals surface area contributed by atoms with Gasteiger partial charge in [-0.25, -0.2) is 27.5 Å². The molecule has 0 saturated heterocycles. The van der Waals surface area contributed by atoms with Crippen LogP contribution in [0.5, 0.6) is 11.5 Å². The van der Waals surface area contributed by atoms with Crippen molar-refractivity contribution in [1.82, 2.24) is 10.0 Å². The van der Waals surface area contributed by atoms with E-state index in [2.05, 4.69) is 56.4 Å². The van der Waals surface area contributed by atoms with E-state index in [1.54, 1.807) is 32.9 Å². The van der Waals surface area contributed by atoms with E-state index in [1.807, 2.05) is 58.0 Å². The summed E-state index contributed by atoms with van der Waals surface area (Å²) >= 11 is 0. The molecule has 2 aromatic rings. The Bertz CT molecular complexity index is 1750. The van der Waals surface area contributed by atoms with Crippen LogP contribution in [0.1, 0.15) is 67.4 Å². The molecule has 0 spiro atoms. The average molecular weight is 803 g/mol. The van der Waals surface area contributed by atoms with Crippen LogP contribution in [0.3, 0.4) is 0 Å². The molecular weight excluding hydrogens is 745 g/mol. The largest absolute Gasteiger partial charge is 0.508 e. The van der Waals surface area contributed by atoms with E-state index < -0.39 is 28.1 Å². The minimum absolute atomic E-state index is 0.0127. The molecule has 0 aliphatic heterocycles. The molecule has 0 saturated carbocycles. The molecule has 2 amide bonds. The highest BCUT2D eigenvalue weighted by molar-refractivity contribution is 7.88. The van der Waals surface area contributed by atoms with Gasteiger partial charge in [0.2, 0.25) is 10.0 Å². The lowest BCUT2D eigenvalue weighted by Crippen LogP contribution is -2.27. The van der Waals surface area contributed by atoms with Gasteiger partial charge in [-0.15, -0.1) is 0 Å². The van der Waals surface area contributed by atoms with Crippen molar-refractivity contribution < 1.29 is 51.8 Å². The zero-order valence-electron chi connectivity index (χ0n) is 33.9. The molecule has 0 atom stereocenters. The van der Waals surface area contributed by atoms with Crippen LogP contribution in [-0.2, 0) is 38.7 Å². The van der Waals surface area contributed by atoms with Crippen molar-refractivity contribution in [3.8, 4) is 11.5 Å². The molecule has 0 fully saturated rings. The fraction of sp³-hybridized carbons (Fsp3) is 0.375. The fourth-order valence-corrected chi connectivity index (χ4v) is 3.39. The van der Waals surface area contributed by atoms with Crippen LogP contribution in [0.25, 0.3) is 6.08 Å². The van der Waals surface area contributed by atoms with Gasteiger partial charge < -0.3 is 30.0 Å². The standard InChI is InChI=1S/C12H16O.C11H18N2O4.C10H11NO2.C7H13NO4S/c1-5-10-6-8-11(9-7-10)13-12(2,3)4;1-5-9(4)13-17-11(15)12-6-7-16-10(14)8(2)3;1-7(2)10(13)11-8-3-5-9(12)6-4-8;1-6(2)7(9)12-5-4-8-13(3,10)11/h5-9H,1H2,2-4H3;2,5-7H2,1,3-4H3,(H,12,15);3-6,12H,1H2,2H3,(H,11,13);8H,1,4-5H2,2-3H3/b;13-9+;;. The average Bonchev–Trinajstić information content (AvgIpc) is 3.11. The van der Waals surface area contributed by atoms with Gasteiger partial charge in [-0.2, -0.15) is 0 Å². The number of phenolic OH excluding ortho intramolecular Hbond substituents is 1. The van der Waals surface area contributed by atoms with Crippen LogP contribution in [-0.4, -0.2) is 81.3 Å². The number of anilines is 1. The summed E-state index contributed by atoms with van der Waals surface area (Å²) in [4.78, 5) is 48.4. The maximum absolute atomic E-state index is 11.1. The number of carbonyl (C=O) groups excluding carboxylic acids is 4. The van der Waals surface area contributed by atoms with Crippen molar-refractivity contribution in [2.24, 2.45) is 5.16 Å². The molecule has 0 radical (unpaired) electrons. The first-order valence-electron chi connectivity index (χ1n) is 17.2. The second-order valence-corrected chi connectivity index (χ2v) is 14.6. The number of amides is 2. The summed E-state index contributed by atoms with van der Waals surface area (Å²) in [5.74, 6) is -0.146. The van der Waals surface area contributed by atoms with Gasteiger partial charge >= 0.3 is 18.0 Å². The van der Waals surface area contributed by atoms with E-state index in [9.17, 15) is 27.6 Å². The van der Waals surface area contributed by atoms with Gasteiger partial charge in [0, 0.05) is 29.0 Å². The zero-order valence-corrected chi connectivity index (χ0v) is 34.8. The van der Waals surface area contributed by atoms with Crippen molar-refractivity contribution in [1.29, 1.82) is 0 Å². The number of benzene rings is 2. The fourth-order valence-electron chi connectivity index (χ4n) is 2.94. The van der Waals surface area contributed by atoms with E-state index in [-0.39, 0.29) is 43.6 Å². The number of esters is 2. The SMILES string of the molecule is C=C(C)C(=O)Nc1ccc(O)cc1.C=C(C)C(=O)OCCNC(=O)O/N=C(\C)CC.C=C(C)C(=O)OCCNS(C)(=O)=O.C=Cc1ccc(OC(C)(C)C)cc1. The minimum atomic E-state index is -3.21. The van der Waals surface area contributed by atoms with Gasteiger partial charge in [-0.05, 0) is 96.8 Å². The van der Waals surface area contributed by atoms with Gasteiger partial charge in [0.05, 0.1) is 18.5 Å². The van der Waals surface area contributed by atoms with E-state index in [4.69, 9.17) is 14.6 Å². The topological polar surface area (TPSA) is 208 Å². The number of rotatable bonds is 15. The number of phenols is 1.